The van der Waals surface area contributed by atoms with Gasteiger partial charge in [-0.05, 0) is 31.6 Å². The van der Waals surface area contributed by atoms with Gasteiger partial charge in [0, 0.05) is 46.7 Å². The molecule has 0 aromatic rings. The first-order valence-electron chi connectivity index (χ1n) is 8.58. The number of aliphatic imine (C=N–C) groups is 1. The number of piperidine rings is 1. The van der Waals surface area contributed by atoms with E-state index in [1.54, 1.807) is 14.1 Å². The Morgan fingerprint density at radius 2 is 1.74 bits per heavy atom. The first kappa shape index (κ1) is 17.6. The number of carbonyl (C=O) groups excluding carboxylic acids is 2. The predicted octanol–water partition coefficient (Wildman–Crippen LogP) is 0.0323. The van der Waals surface area contributed by atoms with E-state index in [1.807, 2.05) is 4.90 Å². The fourth-order valence-electron chi connectivity index (χ4n) is 3.28. The lowest BCUT2D eigenvalue weighted by molar-refractivity contribution is -0.129. The van der Waals surface area contributed by atoms with Crippen molar-refractivity contribution in [2.75, 3.05) is 46.8 Å². The van der Waals surface area contributed by atoms with Crippen LogP contribution in [0.5, 0.6) is 0 Å². The summed E-state index contributed by atoms with van der Waals surface area (Å²) in [6.07, 6.45) is 4.78. The highest BCUT2D eigenvalue weighted by Gasteiger charge is 2.24. The summed E-state index contributed by atoms with van der Waals surface area (Å²) in [5.74, 6) is 1.49. The molecule has 0 spiro atoms. The minimum atomic E-state index is 0.113. The van der Waals surface area contributed by atoms with E-state index in [4.69, 9.17) is 0 Å². The van der Waals surface area contributed by atoms with Crippen LogP contribution in [0, 0.1) is 5.92 Å². The number of rotatable bonds is 4. The smallest absolute Gasteiger partial charge is 0.241 e. The molecule has 2 amide bonds. The van der Waals surface area contributed by atoms with E-state index in [9.17, 15) is 9.59 Å². The van der Waals surface area contributed by atoms with Crippen molar-refractivity contribution in [2.45, 2.75) is 32.1 Å². The van der Waals surface area contributed by atoms with Gasteiger partial charge in [0.05, 0.1) is 6.54 Å². The molecule has 2 aliphatic rings. The highest BCUT2D eigenvalue weighted by atomic mass is 16.2. The molecule has 0 bridgehead atoms. The Bertz CT molecular complexity index is 438. The number of nitrogens with one attached hydrogen (secondary N) is 2. The largest absolute Gasteiger partial charge is 0.359 e. The van der Waals surface area contributed by atoms with Crippen LogP contribution in [0.15, 0.2) is 4.99 Å². The van der Waals surface area contributed by atoms with Crippen LogP contribution >= 0.6 is 0 Å². The van der Waals surface area contributed by atoms with Gasteiger partial charge >= 0.3 is 0 Å². The second-order valence-electron chi connectivity index (χ2n) is 6.30. The average Bonchev–Trinajstić information content (AvgIpc) is 3.11. The Balaban J connectivity index is 1.74. The lowest BCUT2D eigenvalue weighted by Crippen LogP contribution is -2.48. The SMILES string of the molecule is CN=C(NCC(=O)N1CCCC1)N1CCC(CC(=O)NC)CC1. The van der Waals surface area contributed by atoms with Crippen LogP contribution in [0.2, 0.25) is 0 Å². The van der Waals surface area contributed by atoms with Crippen LogP contribution < -0.4 is 10.6 Å². The molecule has 7 nitrogen and oxygen atoms in total. The van der Waals surface area contributed by atoms with E-state index in [2.05, 4.69) is 20.5 Å². The number of hydrogen-bond acceptors (Lipinski definition) is 3. The lowest BCUT2D eigenvalue weighted by Gasteiger charge is -2.34. The van der Waals surface area contributed by atoms with Crippen LogP contribution in [0.3, 0.4) is 0 Å². The Morgan fingerprint density at radius 3 is 2.30 bits per heavy atom. The number of hydrogen-bond donors (Lipinski definition) is 2. The summed E-state index contributed by atoms with van der Waals surface area (Å²) in [6.45, 7) is 3.82. The minimum Gasteiger partial charge on any atom is -0.359 e. The van der Waals surface area contributed by atoms with E-state index in [0.29, 0.717) is 18.9 Å². The van der Waals surface area contributed by atoms with Crippen molar-refractivity contribution in [2.24, 2.45) is 10.9 Å². The first-order chi connectivity index (χ1) is 11.1. The van der Waals surface area contributed by atoms with Gasteiger partial charge in [-0.2, -0.15) is 0 Å². The zero-order valence-electron chi connectivity index (χ0n) is 14.3. The molecule has 2 saturated heterocycles. The predicted molar refractivity (Wildman–Crippen MR) is 90.2 cm³/mol. The lowest BCUT2D eigenvalue weighted by atomic mass is 9.93. The molecule has 2 aliphatic heterocycles. The third-order valence-corrected chi connectivity index (χ3v) is 4.74. The zero-order chi connectivity index (χ0) is 16.7. The van der Waals surface area contributed by atoms with Gasteiger partial charge in [-0.1, -0.05) is 0 Å². The molecular formula is C16H29N5O2. The van der Waals surface area contributed by atoms with Crippen molar-refractivity contribution < 1.29 is 9.59 Å². The number of likely N-dealkylation sites (tertiary alicyclic amines) is 2. The molecule has 0 unspecified atom stereocenters. The third-order valence-electron chi connectivity index (χ3n) is 4.74. The van der Waals surface area contributed by atoms with Gasteiger partial charge in [-0.3, -0.25) is 14.6 Å². The first-order valence-corrected chi connectivity index (χ1v) is 8.58. The summed E-state index contributed by atoms with van der Waals surface area (Å²) in [5.41, 5.74) is 0. The molecule has 0 aliphatic carbocycles. The van der Waals surface area contributed by atoms with Gasteiger partial charge in [0.15, 0.2) is 5.96 Å². The van der Waals surface area contributed by atoms with Crippen molar-refractivity contribution in [1.82, 2.24) is 20.4 Å². The molecule has 0 aromatic heterocycles. The molecule has 23 heavy (non-hydrogen) atoms. The maximum absolute atomic E-state index is 12.1. The van der Waals surface area contributed by atoms with Crippen LogP contribution in [0.4, 0.5) is 0 Å². The molecule has 0 atom stereocenters. The van der Waals surface area contributed by atoms with Crippen molar-refractivity contribution in [3.63, 3.8) is 0 Å². The molecule has 130 valence electrons. The van der Waals surface area contributed by atoms with Gasteiger partial charge in [0.1, 0.15) is 0 Å². The summed E-state index contributed by atoms with van der Waals surface area (Å²) in [4.78, 5) is 31.9. The van der Waals surface area contributed by atoms with Crippen molar-refractivity contribution >= 4 is 17.8 Å². The summed E-state index contributed by atoms with van der Waals surface area (Å²) >= 11 is 0. The Labute approximate surface area is 138 Å². The monoisotopic (exact) mass is 323 g/mol. The fraction of sp³-hybridized carbons (Fsp3) is 0.812. The van der Waals surface area contributed by atoms with Crippen molar-refractivity contribution in [3.05, 3.63) is 0 Å². The maximum Gasteiger partial charge on any atom is 0.241 e. The molecule has 7 heteroatoms. The van der Waals surface area contributed by atoms with E-state index in [1.165, 1.54) is 0 Å². The number of carbonyl (C=O) groups is 2. The van der Waals surface area contributed by atoms with Crippen LogP contribution in [-0.2, 0) is 9.59 Å². The van der Waals surface area contributed by atoms with Crippen LogP contribution in [0.1, 0.15) is 32.1 Å². The topological polar surface area (TPSA) is 77.0 Å². The molecule has 0 radical (unpaired) electrons. The molecule has 2 heterocycles. The van der Waals surface area contributed by atoms with Gasteiger partial charge in [-0.25, -0.2) is 0 Å². The molecule has 0 aromatic carbocycles. The Kier molecular flexibility index (Phi) is 6.67. The van der Waals surface area contributed by atoms with E-state index >= 15 is 0 Å². The van der Waals surface area contributed by atoms with Gasteiger partial charge in [-0.15, -0.1) is 0 Å². The number of guanidine groups is 1. The second kappa shape index (κ2) is 8.74. The van der Waals surface area contributed by atoms with E-state index < -0.39 is 0 Å². The summed E-state index contributed by atoms with van der Waals surface area (Å²) < 4.78 is 0. The number of nitrogens with zero attached hydrogens (tertiary/aromatic N) is 3. The maximum atomic E-state index is 12.1. The molecule has 2 rings (SSSR count). The summed E-state index contributed by atoms with van der Waals surface area (Å²) in [6, 6.07) is 0. The quantitative estimate of drug-likeness (QED) is 0.565. The highest BCUT2D eigenvalue weighted by molar-refractivity contribution is 5.86. The summed E-state index contributed by atoms with van der Waals surface area (Å²) in [5, 5.41) is 5.87. The van der Waals surface area contributed by atoms with E-state index in [0.717, 1.165) is 57.8 Å². The van der Waals surface area contributed by atoms with Crippen LogP contribution in [0.25, 0.3) is 0 Å². The van der Waals surface area contributed by atoms with E-state index in [-0.39, 0.29) is 11.8 Å². The standard InChI is InChI=1S/C16H29N5O2/c1-17-14(22)11-13-5-9-21(10-6-13)16(18-2)19-12-15(23)20-7-3-4-8-20/h13H,3-12H2,1-2H3,(H,17,22)(H,18,19). The Hall–Kier alpha value is -1.79. The molecule has 2 N–H and O–H groups in total. The molecular weight excluding hydrogens is 294 g/mol. The zero-order valence-corrected chi connectivity index (χ0v) is 14.3. The Morgan fingerprint density at radius 1 is 1.09 bits per heavy atom. The average molecular weight is 323 g/mol. The van der Waals surface area contributed by atoms with Crippen LogP contribution in [-0.4, -0.2) is 74.4 Å². The van der Waals surface area contributed by atoms with Crippen molar-refractivity contribution in [1.29, 1.82) is 0 Å². The second-order valence-corrected chi connectivity index (χ2v) is 6.30. The summed E-state index contributed by atoms with van der Waals surface area (Å²) in [7, 11) is 3.43. The fourth-order valence-corrected chi connectivity index (χ4v) is 3.28. The van der Waals surface area contributed by atoms with Gasteiger partial charge in [0.2, 0.25) is 11.8 Å². The van der Waals surface area contributed by atoms with Crippen molar-refractivity contribution in [3.8, 4) is 0 Å². The molecule has 2 fully saturated rings. The van der Waals surface area contributed by atoms with Gasteiger partial charge in [0.25, 0.3) is 0 Å². The minimum absolute atomic E-state index is 0.113. The normalized spacial score (nSPS) is 19.8. The molecule has 0 saturated carbocycles. The number of amides is 2. The highest BCUT2D eigenvalue weighted by Crippen LogP contribution is 2.20. The third kappa shape index (κ3) is 5.11. The van der Waals surface area contributed by atoms with Gasteiger partial charge < -0.3 is 20.4 Å².